The van der Waals surface area contributed by atoms with Crippen molar-refractivity contribution in [2.24, 2.45) is 0 Å². The number of aryl methyl sites for hydroxylation is 1. The molecule has 0 radical (unpaired) electrons. The molecule has 0 unspecified atom stereocenters. The summed E-state index contributed by atoms with van der Waals surface area (Å²) in [5.41, 5.74) is 4.91. The molecule has 162 valence electrons. The highest BCUT2D eigenvalue weighted by Gasteiger charge is 2.29. The molecule has 1 aliphatic heterocycles. The van der Waals surface area contributed by atoms with Crippen molar-refractivity contribution in [2.75, 3.05) is 38.1 Å². The maximum atomic E-state index is 13.5. The number of nitrogens with one attached hydrogen (secondary N) is 1. The lowest BCUT2D eigenvalue weighted by Crippen LogP contribution is -2.45. The molecular formula is C22H27F2N3O2S. The maximum absolute atomic E-state index is 13.5. The zero-order valence-corrected chi connectivity index (χ0v) is 18.1. The number of halogens is 2. The van der Waals surface area contributed by atoms with Gasteiger partial charge in [0, 0.05) is 37.9 Å². The lowest BCUT2D eigenvalue weighted by atomic mass is 9.84. The molecule has 0 spiro atoms. The molecule has 30 heavy (non-hydrogen) atoms. The second kappa shape index (κ2) is 8.24. The van der Waals surface area contributed by atoms with Crippen LogP contribution >= 0.6 is 0 Å². The Kier molecular flexibility index (Phi) is 5.83. The van der Waals surface area contributed by atoms with E-state index in [1.54, 1.807) is 0 Å². The van der Waals surface area contributed by atoms with E-state index < -0.39 is 21.7 Å². The third-order valence-electron chi connectivity index (χ3n) is 6.20. The third kappa shape index (κ3) is 4.22. The fourth-order valence-electron chi connectivity index (χ4n) is 4.42. The molecule has 1 atom stereocenters. The molecule has 5 nitrogen and oxygen atoms in total. The van der Waals surface area contributed by atoms with Gasteiger partial charge in [-0.3, -0.25) is 0 Å². The Morgan fingerprint density at radius 3 is 2.43 bits per heavy atom. The summed E-state index contributed by atoms with van der Waals surface area (Å²) in [4.78, 5) is 4.43. The third-order valence-corrected chi connectivity index (χ3v) is 7.72. The van der Waals surface area contributed by atoms with Crippen LogP contribution < -0.4 is 9.62 Å². The van der Waals surface area contributed by atoms with E-state index >= 15 is 0 Å². The van der Waals surface area contributed by atoms with Crippen molar-refractivity contribution >= 4 is 15.7 Å². The van der Waals surface area contributed by atoms with Crippen LogP contribution in [0, 0.1) is 18.6 Å². The van der Waals surface area contributed by atoms with Crippen molar-refractivity contribution in [3.05, 3.63) is 58.7 Å². The molecule has 0 bridgehead atoms. The molecule has 2 aliphatic rings. The standard InChI is InChI=1S/C22H27F2N3O2S/c1-15-3-8-22(27-11-9-26(2)10-12-27)19-13-16(4-6-18(15)19)25-30(28,29)17-5-7-20(23)21(24)14-17/h3,5,7-8,14,16,25H,4,6,9-13H2,1-2H3/t16-/m1/s1. The molecule has 2 aromatic carbocycles. The molecule has 1 N–H and O–H groups in total. The van der Waals surface area contributed by atoms with Gasteiger partial charge in [0.25, 0.3) is 0 Å². The average molecular weight is 436 g/mol. The van der Waals surface area contributed by atoms with Crippen molar-refractivity contribution in [1.29, 1.82) is 0 Å². The molecule has 0 aromatic heterocycles. The van der Waals surface area contributed by atoms with Crippen molar-refractivity contribution in [3.8, 4) is 0 Å². The van der Waals surface area contributed by atoms with Crippen LogP contribution in [0.15, 0.2) is 35.2 Å². The Morgan fingerprint density at radius 2 is 1.73 bits per heavy atom. The predicted octanol–water partition coefficient (Wildman–Crippen LogP) is 2.86. The highest BCUT2D eigenvalue weighted by Crippen LogP contribution is 2.34. The molecule has 0 amide bonds. The first kappa shape index (κ1) is 21.2. The first-order valence-corrected chi connectivity index (χ1v) is 11.7. The van der Waals surface area contributed by atoms with E-state index in [-0.39, 0.29) is 10.9 Å². The fraction of sp³-hybridized carbons (Fsp3) is 0.455. The van der Waals surface area contributed by atoms with Crippen molar-refractivity contribution in [2.45, 2.75) is 37.1 Å². The highest BCUT2D eigenvalue weighted by atomic mass is 32.2. The second-order valence-corrected chi connectivity index (χ2v) is 10.00. The van der Waals surface area contributed by atoms with Crippen LogP contribution in [0.3, 0.4) is 0 Å². The molecule has 1 aliphatic carbocycles. The van der Waals surface area contributed by atoms with E-state index in [2.05, 4.69) is 40.6 Å². The number of hydrogen-bond donors (Lipinski definition) is 1. The van der Waals surface area contributed by atoms with E-state index in [0.29, 0.717) is 12.8 Å². The van der Waals surface area contributed by atoms with Crippen molar-refractivity contribution in [3.63, 3.8) is 0 Å². The summed E-state index contributed by atoms with van der Waals surface area (Å²) in [5.74, 6) is -2.23. The van der Waals surface area contributed by atoms with Crippen LogP contribution in [-0.4, -0.2) is 52.6 Å². The van der Waals surface area contributed by atoms with Gasteiger partial charge in [-0.2, -0.15) is 0 Å². The van der Waals surface area contributed by atoms with Gasteiger partial charge in [0.1, 0.15) is 0 Å². The first-order valence-electron chi connectivity index (χ1n) is 10.3. The van der Waals surface area contributed by atoms with Crippen LogP contribution in [0.2, 0.25) is 0 Å². The predicted molar refractivity (Wildman–Crippen MR) is 113 cm³/mol. The van der Waals surface area contributed by atoms with Crippen molar-refractivity contribution in [1.82, 2.24) is 9.62 Å². The van der Waals surface area contributed by atoms with Gasteiger partial charge >= 0.3 is 0 Å². The van der Waals surface area contributed by atoms with Crippen LogP contribution in [0.1, 0.15) is 23.1 Å². The summed E-state index contributed by atoms with van der Waals surface area (Å²) in [6, 6.07) is 6.67. The quantitative estimate of drug-likeness (QED) is 0.803. The number of nitrogens with zero attached hydrogens (tertiary/aromatic N) is 2. The second-order valence-electron chi connectivity index (χ2n) is 8.29. The van der Waals surface area contributed by atoms with E-state index in [4.69, 9.17) is 0 Å². The lowest BCUT2D eigenvalue weighted by molar-refractivity contribution is 0.312. The molecule has 0 saturated carbocycles. The number of fused-ring (bicyclic) bond motifs is 1. The minimum atomic E-state index is -3.93. The summed E-state index contributed by atoms with van der Waals surface area (Å²) in [7, 11) is -1.82. The Bertz CT molecular complexity index is 1050. The molecule has 2 aromatic rings. The fourth-order valence-corrected chi connectivity index (χ4v) is 5.70. The van der Waals surface area contributed by atoms with Gasteiger partial charge in [-0.25, -0.2) is 21.9 Å². The summed E-state index contributed by atoms with van der Waals surface area (Å²) in [6.07, 6.45) is 2.04. The first-order chi connectivity index (χ1) is 14.2. The smallest absolute Gasteiger partial charge is 0.240 e. The number of sulfonamides is 1. The Hall–Kier alpha value is -2.03. The summed E-state index contributed by atoms with van der Waals surface area (Å²) >= 11 is 0. The van der Waals surface area contributed by atoms with Gasteiger partial charge < -0.3 is 9.80 Å². The normalized spacial score (nSPS) is 20.3. The molecule has 1 fully saturated rings. The molecular weight excluding hydrogens is 408 g/mol. The lowest BCUT2D eigenvalue weighted by Gasteiger charge is -2.37. The molecule has 1 heterocycles. The summed E-state index contributed by atoms with van der Waals surface area (Å²) in [6.45, 7) is 5.97. The largest absolute Gasteiger partial charge is 0.369 e. The van der Waals surface area contributed by atoms with Crippen LogP contribution in [0.25, 0.3) is 0 Å². The monoisotopic (exact) mass is 435 g/mol. The number of piperazine rings is 1. The Balaban J connectivity index is 1.58. The van der Waals surface area contributed by atoms with Crippen LogP contribution in [0.5, 0.6) is 0 Å². The number of anilines is 1. The highest BCUT2D eigenvalue weighted by molar-refractivity contribution is 7.89. The molecule has 1 saturated heterocycles. The maximum Gasteiger partial charge on any atom is 0.240 e. The van der Waals surface area contributed by atoms with E-state index in [1.807, 2.05) is 0 Å². The van der Waals surface area contributed by atoms with E-state index in [9.17, 15) is 17.2 Å². The van der Waals surface area contributed by atoms with Gasteiger partial charge in [0.2, 0.25) is 10.0 Å². The van der Waals surface area contributed by atoms with E-state index in [0.717, 1.165) is 50.8 Å². The van der Waals surface area contributed by atoms with Gasteiger partial charge in [-0.1, -0.05) is 6.07 Å². The summed E-state index contributed by atoms with van der Waals surface area (Å²) < 4.78 is 54.9. The van der Waals surface area contributed by atoms with Crippen molar-refractivity contribution < 1.29 is 17.2 Å². The number of likely N-dealkylation sites (N-methyl/N-ethyl adjacent to an activating group) is 1. The summed E-state index contributed by atoms with van der Waals surface area (Å²) in [5, 5.41) is 0. The van der Waals surface area contributed by atoms with E-state index in [1.165, 1.54) is 22.4 Å². The Morgan fingerprint density at radius 1 is 1.00 bits per heavy atom. The van der Waals surface area contributed by atoms with Crippen LogP contribution in [-0.2, 0) is 22.9 Å². The topological polar surface area (TPSA) is 52.6 Å². The number of hydrogen-bond acceptors (Lipinski definition) is 4. The minimum absolute atomic E-state index is 0.254. The molecule has 4 rings (SSSR count). The average Bonchev–Trinajstić information content (AvgIpc) is 2.71. The van der Waals surface area contributed by atoms with Gasteiger partial charge in [-0.15, -0.1) is 0 Å². The van der Waals surface area contributed by atoms with Gasteiger partial charge in [0.15, 0.2) is 11.6 Å². The zero-order valence-electron chi connectivity index (χ0n) is 17.3. The number of rotatable bonds is 4. The van der Waals surface area contributed by atoms with Crippen LogP contribution in [0.4, 0.5) is 14.5 Å². The van der Waals surface area contributed by atoms with Gasteiger partial charge in [0.05, 0.1) is 4.90 Å². The van der Waals surface area contributed by atoms with Gasteiger partial charge in [-0.05, 0) is 74.2 Å². The SMILES string of the molecule is Cc1ccc(N2CCN(C)CC2)c2c1CC[C@@H](NS(=O)(=O)c1ccc(F)c(F)c1)C2. The number of benzene rings is 2. The minimum Gasteiger partial charge on any atom is -0.369 e. The Labute approximate surface area is 176 Å². The molecule has 8 heteroatoms. The zero-order chi connectivity index (χ0) is 21.5.